The molecule has 0 radical (unpaired) electrons. The van der Waals surface area contributed by atoms with E-state index >= 15 is 0 Å². The SMILES string of the molecule is CC(NC(=O)c1cccc([N+](=O)[O-])c1)C(=O)N(C)Cc1nccn1C(F)F. The molecule has 2 amide bonds. The topological polar surface area (TPSA) is 110 Å². The summed E-state index contributed by atoms with van der Waals surface area (Å²) in [5, 5.41) is 13.2. The van der Waals surface area contributed by atoms with Crippen LogP contribution in [0.25, 0.3) is 0 Å². The van der Waals surface area contributed by atoms with Crippen LogP contribution < -0.4 is 5.32 Å². The van der Waals surface area contributed by atoms with E-state index in [4.69, 9.17) is 0 Å². The largest absolute Gasteiger partial charge is 0.341 e. The molecule has 9 nitrogen and oxygen atoms in total. The maximum atomic E-state index is 12.8. The first-order valence-corrected chi connectivity index (χ1v) is 7.81. The lowest BCUT2D eigenvalue weighted by Gasteiger charge is -2.22. The number of carbonyl (C=O) groups excluding carboxylic acids is 2. The Labute approximate surface area is 152 Å². The van der Waals surface area contributed by atoms with Crippen molar-refractivity contribution in [2.75, 3.05) is 7.05 Å². The van der Waals surface area contributed by atoms with Gasteiger partial charge in [-0.15, -0.1) is 0 Å². The molecule has 0 aliphatic carbocycles. The summed E-state index contributed by atoms with van der Waals surface area (Å²) in [7, 11) is 1.39. The van der Waals surface area contributed by atoms with Gasteiger partial charge in [-0.25, -0.2) is 4.98 Å². The number of nitro benzene ring substituents is 1. The van der Waals surface area contributed by atoms with Crippen molar-refractivity contribution in [2.45, 2.75) is 26.1 Å². The first-order valence-electron chi connectivity index (χ1n) is 7.81. The molecule has 1 heterocycles. The number of non-ortho nitro benzene ring substituents is 1. The molecular weight excluding hydrogens is 364 g/mol. The van der Waals surface area contributed by atoms with Crippen molar-refractivity contribution in [3.8, 4) is 0 Å². The van der Waals surface area contributed by atoms with Crippen LogP contribution in [0.4, 0.5) is 14.5 Å². The Morgan fingerprint density at radius 3 is 2.74 bits per heavy atom. The van der Waals surface area contributed by atoms with Crippen LogP contribution in [0.3, 0.4) is 0 Å². The molecule has 0 saturated carbocycles. The second-order valence-electron chi connectivity index (χ2n) is 5.73. The molecule has 1 N–H and O–H groups in total. The smallest absolute Gasteiger partial charge is 0.319 e. The molecular formula is C16H17F2N5O4. The summed E-state index contributed by atoms with van der Waals surface area (Å²) >= 11 is 0. The average Bonchev–Trinajstić information content (AvgIpc) is 3.09. The molecule has 0 saturated heterocycles. The summed E-state index contributed by atoms with van der Waals surface area (Å²) in [5.74, 6) is -1.20. The predicted octanol–water partition coefficient (Wildman–Crippen LogP) is 1.96. The van der Waals surface area contributed by atoms with Crippen molar-refractivity contribution in [3.05, 3.63) is 58.2 Å². The normalized spacial score (nSPS) is 11.9. The molecule has 144 valence electrons. The number of carbonyl (C=O) groups is 2. The van der Waals surface area contributed by atoms with E-state index in [1.54, 1.807) is 0 Å². The summed E-state index contributed by atoms with van der Waals surface area (Å²) in [4.78, 5) is 39.7. The number of hydrogen-bond acceptors (Lipinski definition) is 5. The third kappa shape index (κ3) is 4.84. The highest BCUT2D eigenvalue weighted by molar-refractivity contribution is 5.97. The number of benzene rings is 1. The average molecular weight is 381 g/mol. The zero-order chi connectivity index (χ0) is 20.1. The van der Waals surface area contributed by atoms with Crippen molar-refractivity contribution in [2.24, 2.45) is 0 Å². The number of likely N-dealkylation sites (N-methyl/N-ethyl adjacent to an activating group) is 1. The number of alkyl halides is 2. The quantitative estimate of drug-likeness (QED) is 0.582. The minimum absolute atomic E-state index is 0.00180. The highest BCUT2D eigenvalue weighted by atomic mass is 19.3. The lowest BCUT2D eigenvalue weighted by molar-refractivity contribution is -0.384. The van der Waals surface area contributed by atoms with E-state index in [1.165, 1.54) is 38.4 Å². The van der Waals surface area contributed by atoms with Crippen LogP contribution in [-0.2, 0) is 11.3 Å². The van der Waals surface area contributed by atoms with Crippen molar-refractivity contribution >= 4 is 17.5 Å². The van der Waals surface area contributed by atoms with Crippen LogP contribution in [0.15, 0.2) is 36.7 Å². The monoisotopic (exact) mass is 381 g/mol. The highest BCUT2D eigenvalue weighted by Crippen LogP contribution is 2.15. The zero-order valence-corrected chi connectivity index (χ0v) is 14.5. The number of amides is 2. The van der Waals surface area contributed by atoms with Gasteiger partial charge in [-0.2, -0.15) is 8.78 Å². The van der Waals surface area contributed by atoms with E-state index < -0.39 is 29.3 Å². The van der Waals surface area contributed by atoms with Gasteiger partial charge in [0.1, 0.15) is 11.9 Å². The summed E-state index contributed by atoms with van der Waals surface area (Å²) < 4.78 is 26.3. The van der Waals surface area contributed by atoms with Gasteiger partial charge in [-0.05, 0) is 13.0 Å². The van der Waals surface area contributed by atoms with Gasteiger partial charge in [0.05, 0.1) is 11.5 Å². The summed E-state index contributed by atoms with van der Waals surface area (Å²) in [6.07, 6.45) is 2.30. The molecule has 1 aromatic carbocycles. The number of halogens is 2. The molecule has 11 heteroatoms. The van der Waals surface area contributed by atoms with Crippen LogP contribution in [0.2, 0.25) is 0 Å². The van der Waals surface area contributed by atoms with Gasteiger partial charge >= 0.3 is 6.55 Å². The van der Waals surface area contributed by atoms with Crippen LogP contribution >= 0.6 is 0 Å². The number of nitrogens with zero attached hydrogens (tertiary/aromatic N) is 4. The minimum Gasteiger partial charge on any atom is -0.341 e. The molecule has 27 heavy (non-hydrogen) atoms. The number of aromatic nitrogens is 2. The third-order valence-electron chi connectivity index (χ3n) is 3.75. The first kappa shape index (κ1) is 19.9. The zero-order valence-electron chi connectivity index (χ0n) is 14.5. The molecule has 2 rings (SSSR count). The summed E-state index contributed by atoms with van der Waals surface area (Å²) in [6, 6.07) is 4.09. The number of nitrogens with one attached hydrogen (secondary N) is 1. The molecule has 1 aromatic heterocycles. The van der Waals surface area contributed by atoms with Gasteiger partial charge in [0.2, 0.25) is 5.91 Å². The maximum absolute atomic E-state index is 12.8. The Morgan fingerprint density at radius 2 is 2.11 bits per heavy atom. The molecule has 1 unspecified atom stereocenters. The lowest BCUT2D eigenvalue weighted by Crippen LogP contribution is -2.45. The molecule has 0 aliphatic rings. The van der Waals surface area contributed by atoms with E-state index in [0.717, 1.165) is 17.2 Å². The van der Waals surface area contributed by atoms with Gasteiger partial charge in [-0.3, -0.25) is 24.3 Å². The van der Waals surface area contributed by atoms with Crippen molar-refractivity contribution in [3.63, 3.8) is 0 Å². The van der Waals surface area contributed by atoms with E-state index in [-0.39, 0.29) is 23.6 Å². The Hall–Kier alpha value is -3.37. The van der Waals surface area contributed by atoms with Crippen molar-refractivity contribution < 1.29 is 23.3 Å². The Bertz CT molecular complexity index is 855. The fourth-order valence-electron chi connectivity index (χ4n) is 2.37. The minimum atomic E-state index is -2.78. The van der Waals surface area contributed by atoms with Crippen LogP contribution in [0, 0.1) is 10.1 Å². The fourth-order valence-corrected chi connectivity index (χ4v) is 2.37. The van der Waals surface area contributed by atoms with Crippen molar-refractivity contribution in [1.29, 1.82) is 0 Å². The molecule has 0 aliphatic heterocycles. The number of hydrogen-bond donors (Lipinski definition) is 1. The predicted molar refractivity (Wildman–Crippen MR) is 90.0 cm³/mol. The highest BCUT2D eigenvalue weighted by Gasteiger charge is 2.23. The molecule has 2 aromatic rings. The molecule has 0 spiro atoms. The third-order valence-corrected chi connectivity index (χ3v) is 3.75. The van der Waals surface area contributed by atoms with Crippen LogP contribution in [0.1, 0.15) is 29.7 Å². The number of rotatable bonds is 7. The van der Waals surface area contributed by atoms with E-state index in [9.17, 15) is 28.5 Å². The first-order chi connectivity index (χ1) is 12.7. The molecule has 0 fully saturated rings. The van der Waals surface area contributed by atoms with E-state index in [2.05, 4.69) is 10.3 Å². The molecule has 1 atom stereocenters. The maximum Gasteiger partial charge on any atom is 0.319 e. The Morgan fingerprint density at radius 1 is 1.41 bits per heavy atom. The number of imidazole rings is 1. The second kappa shape index (κ2) is 8.34. The Balaban J connectivity index is 2.02. The van der Waals surface area contributed by atoms with Gasteiger partial charge in [-0.1, -0.05) is 6.07 Å². The lowest BCUT2D eigenvalue weighted by atomic mass is 10.1. The van der Waals surface area contributed by atoms with Gasteiger partial charge in [0.25, 0.3) is 11.6 Å². The van der Waals surface area contributed by atoms with E-state index in [0.29, 0.717) is 4.57 Å². The molecule has 0 bridgehead atoms. The van der Waals surface area contributed by atoms with Crippen molar-refractivity contribution in [1.82, 2.24) is 19.8 Å². The Kier molecular flexibility index (Phi) is 6.16. The van der Waals surface area contributed by atoms with Gasteiger partial charge < -0.3 is 10.2 Å². The summed E-state index contributed by atoms with van der Waals surface area (Å²) in [6.45, 7) is -1.53. The van der Waals surface area contributed by atoms with Gasteiger partial charge in [0, 0.05) is 37.1 Å². The summed E-state index contributed by atoms with van der Waals surface area (Å²) in [5.41, 5.74) is -0.225. The van der Waals surface area contributed by atoms with Gasteiger partial charge in [0.15, 0.2) is 0 Å². The second-order valence-corrected chi connectivity index (χ2v) is 5.73. The van der Waals surface area contributed by atoms with E-state index in [1.807, 2.05) is 0 Å². The number of nitro groups is 1. The standard InChI is InChI=1S/C16H17F2N5O4/c1-10(20-14(24)11-4-3-5-12(8-11)23(26)27)15(25)21(2)9-13-19-6-7-22(13)16(17)18/h3-8,10,16H,9H2,1-2H3,(H,20,24). The van der Waals surface area contributed by atoms with Crippen LogP contribution in [0.5, 0.6) is 0 Å². The van der Waals surface area contributed by atoms with Crippen LogP contribution in [-0.4, -0.2) is 44.3 Å². The fraction of sp³-hybridized carbons (Fsp3) is 0.312.